The summed E-state index contributed by atoms with van der Waals surface area (Å²) < 4.78 is 23.2. The van der Waals surface area contributed by atoms with Crippen molar-refractivity contribution in [3.8, 4) is 0 Å². The second-order valence-electron chi connectivity index (χ2n) is 0.917. The van der Waals surface area contributed by atoms with Gasteiger partial charge in [0.1, 0.15) is 0 Å². The van der Waals surface area contributed by atoms with E-state index in [1.807, 2.05) is 0 Å². The van der Waals surface area contributed by atoms with Gasteiger partial charge in [-0.15, -0.1) is 0 Å². The summed E-state index contributed by atoms with van der Waals surface area (Å²) in [5.74, 6) is 0. The topological polar surface area (TPSA) is 75.4 Å². The van der Waals surface area contributed by atoms with Crippen LogP contribution < -0.4 is 5.73 Å². The molecule has 0 heterocycles. The van der Waals surface area contributed by atoms with Gasteiger partial charge in [0, 0.05) is 0 Å². The predicted octanol–water partition coefficient (Wildman–Crippen LogP) is -0.730. The Kier molecular flexibility index (Phi) is 4.53. The van der Waals surface area contributed by atoms with Crippen molar-refractivity contribution < 1.29 is 12.9 Å². The van der Waals surface area contributed by atoms with Gasteiger partial charge in [0.2, 0.25) is 0 Å². The molecule has 0 radical (unpaired) electrons. The highest BCUT2D eigenvalue weighted by molar-refractivity contribution is 7.74. The zero-order valence-electron chi connectivity index (χ0n) is 4.07. The van der Waals surface area contributed by atoms with E-state index in [1.54, 1.807) is 0 Å². The van der Waals surface area contributed by atoms with Crippen molar-refractivity contribution in [3.05, 3.63) is 12.3 Å². The van der Waals surface area contributed by atoms with Gasteiger partial charge in [-0.3, -0.25) is 4.18 Å². The maximum Gasteiger partial charge on any atom is 0.0845 e. The van der Waals surface area contributed by atoms with Crippen molar-refractivity contribution in [1.29, 1.82) is 0 Å². The lowest BCUT2D eigenvalue weighted by Crippen LogP contribution is -1.95. The summed E-state index contributed by atoms with van der Waals surface area (Å²) in [6.45, 7) is 0.00656. The lowest BCUT2D eigenvalue weighted by atomic mass is 10.7. The average Bonchev–Trinajstić information content (AvgIpc) is 1.66. The molecule has 0 fully saturated rings. The van der Waals surface area contributed by atoms with E-state index in [-0.39, 0.29) is 6.61 Å². The summed E-state index contributed by atoms with van der Waals surface area (Å²) >= 11 is -2.42. The molecule has 0 saturated carbocycles. The van der Waals surface area contributed by atoms with Crippen LogP contribution in [0.4, 0.5) is 0 Å². The molecule has 0 saturated heterocycles. The Balaban J connectivity index is 3.05. The van der Waals surface area contributed by atoms with Gasteiger partial charge in [-0.2, -0.15) is 0 Å². The second-order valence-corrected chi connectivity index (χ2v) is 1.56. The fraction of sp³-hybridized carbons (Fsp3) is 0.333. The smallest absolute Gasteiger partial charge is 0.0845 e. The van der Waals surface area contributed by atoms with E-state index in [4.69, 9.17) is 5.73 Å². The molecule has 1 atom stereocenters. The average molecular weight is 136 g/mol. The van der Waals surface area contributed by atoms with Gasteiger partial charge in [0.25, 0.3) is 0 Å². The third kappa shape index (κ3) is 5.61. The first-order valence-electron chi connectivity index (χ1n) is 1.86. The summed E-state index contributed by atoms with van der Waals surface area (Å²) in [5.41, 5.74) is 4.85. The molecule has 8 heavy (non-hydrogen) atoms. The molecule has 0 aliphatic carbocycles. The van der Waals surface area contributed by atoms with Crippen molar-refractivity contribution >= 4 is 11.4 Å². The van der Waals surface area contributed by atoms with Gasteiger partial charge in [0.05, 0.1) is 18.0 Å². The van der Waals surface area contributed by atoms with Gasteiger partial charge in [-0.1, -0.05) is 0 Å². The number of rotatable bonds is 3. The van der Waals surface area contributed by atoms with Crippen molar-refractivity contribution in [2.45, 2.75) is 0 Å². The molecule has 1 unspecified atom stereocenters. The van der Waals surface area contributed by atoms with Gasteiger partial charge in [-0.25, -0.2) is 4.21 Å². The van der Waals surface area contributed by atoms with E-state index >= 15 is 0 Å². The van der Waals surface area contributed by atoms with Crippen LogP contribution in [-0.4, -0.2) is 15.4 Å². The molecule has 0 aromatic carbocycles. The lowest BCUT2D eigenvalue weighted by Gasteiger charge is -1.99. The monoisotopic (exact) mass is 136 g/mol. The van der Waals surface area contributed by atoms with Gasteiger partial charge < -0.3 is 10.3 Å². The molecule has 0 rings (SSSR count). The van der Waals surface area contributed by atoms with Crippen LogP contribution >= 0.6 is 0 Å². The molecular formula is C3H6NO3S-. The third-order valence-corrected chi connectivity index (χ3v) is 0.725. The van der Waals surface area contributed by atoms with Crippen LogP contribution in [0.5, 0.6) is 0 Å². The molecule has 48 valence electrons. The van der Waals surface area contributed by atoms with Crippen LogP contribution in [0.3, 0.4) is 0 Å². The molecule has 5 heteroatoms. The van der Waals surface area contributed by atoms with Crippen LogP contribution in [0.1, 0.15) is 0 Å². The number of hydrogen-bond acceptors (Lipinski definition) is 4. The zero-order valence-corrected chi connectivity index (χ0v) is 4.89. The molecule has 4 nitrogen and oxygen atoms in total. The fourth-order valence-corrected chi connectivity index (χ4v) is 0.340. The Morgan fingerprint density at radius 1 is 1.88 bits per heavy atom. The maximum absolute atomic E-state index is 9.58. The van der Waals surface area contributed by atoms with Gasteiger partial charge in [0.15, 0.2) is 0 Å². The van der Waals surface area contributed by atoms with Crippen molar-refractivity contribution in [2.24, 2.45) is 5.73 Å². The fourth-order valence-electron chi connectivity index (χ4n) is 0.150. The minimum atomic E-state index is -2.42. The van der Waals surface area contributed by atoms with E-state index in [0.29, 0.717) is 0 Å². The van der Waals surface area contributed by atoms with E-state index < -0.39 is 11.4 Å². The predicted molar refractivity (Wildman–Crippen MR) is 28.2 cm³/mol. The van der Waals surface area contributed by atoms with Crippen molar-refractivity contribution in [2.75, 3.05) is 6.61 Å². The van der Waals surface area contributed by atoms with Gasteiger partial charge >= 0.3 is 0 Å². The largest absolute Gasteiger partial charge is 0.750 e. The lowest BCUT2D eigenvalue weighted by molar-refractivity contribution is 0.334. The highest BCUT2D eigenvalue weighted by Crippen LogP contribution is 1.77. The summed E-state index contributed by atoms with van der Waals surface area (Å²) in [7, 11) is 0. The van der Waals surface area contributed by atoms with E-state index in [0.717, 1.165) is 0 Å². The van der Waals surface area contributed by atoms with Crippen molar-refractivity contribution in [3.63, 3.8) is 0 Å². The standard InChI is InChI=1S/C3H7NO3S/c4-2-1-3-7-8(5)6/h1-2H,3-4H2,(H,5,6)/p-1. The van der Waals surface area contributed by atoms with Gasteiger partial charge in [-0.05, 0) is 12.3 Å². The van der Waals surface area contributed by atoms with E-state index in [9.17, 15) is 8.76 Å². The van der Waals surface area contributed by atoms with E-state index in [2.05, 4.69) is 4.18 Å². The zero-order chi connectivity index (χ0) is 6.41. The number of hydrogen-bond donors (Lipinski definition) is 1. The third-order valence-electron chi connectivity index (χ3n) is 0.397. The number of nitrogens with two attached hydrogens (primary N) is 1. The quantitative estimate of drug-likeness (QED) is 0.519. The molecule has 0 amide bonds. The molecular weight excluding hydrogens is 130 g/mol. The molecule has 0 aromatic rings. The molecule has 2 N–H and O–H groups in total. The molecule has 0 aliphatic heterocycles. The first kappa shape index (κ1) is 7.61. The Hall–Kier alpha value is -0.390. The molecule has 0 aliphatic rings. The van der Waals surface area contributed by atoms with Crippen LogP contribution in [0.25, 0.3) is 0 Å². The Morgan fingerprint density at radius 2 is 2.50 bits per heavy atom. The minimum Gasteiger partial charge on any atom is -0.750 e. The summed E-state index contributed by atoms with van der Waals surface area (Å²) in [5, 5.41) is 0. The normalized spacial score (nSPS) is 14.6. The van der Waals surface area contributed by atoms with Crippen molar-refractivity contribution in [1.82, 2.24) is 0 Å². The van der Waals surface area contributed by atoms with Crippen LogP contribution in [0, 0.1) is 0 Å². The molecule has 0 spiro atoms. The highest BCUT2D eigenvalue weighted by Gasteiger charge is 1.75. The summed E-state index contributed by atoms with van der Waals surface area (Å²) in [6, 6.07) is 0. The van der Waals surface area contributed by atoms with Crippen LogP contribution in [0.2, 0.25) is 0 Å². The highest BCUT2D eigenvalue weighted by atomic mass is 32.2. The minimum absolute atomic E-state index is 0.00656. The summed E-state index contributed by atoms with van der Waals surface area (Å²) in [4.78, 5) is 0. The summed E-state index contributed by atoms with van der Waals surface area (Å²) in [6.07, 6.45) is 2.60. The van der Waals surface area contributed by atoms with Crippen LogP contribution in [0.15, 0.2) is 12.3 Å². The second kappa shape index (κ2) is 4.76. The van der Waals surface area contributed by atoms with Crippen LogP contribution in [-0.2, 0) is 15.5 Å². The molecule has 0 aromatic heterocycles. The Labute approximate surface area is 49.8 Å². The molecule has 0 bridgehead atoms. The SMILES string of the molecule is NC=CCOS(=O)[O-]. The van der Waals surface area contributed by atoms with E-state index in [1.165, 1.54) is 12.3 Å². The Morgan fingerprint density at radius 3 is 2.88 bits per heavy atom. The first-order valence-corrected chi connectivity index (χ1v) is 2.86. The Bertz CT molecular complexity index is 103. The maximum atomic E-state index is 9.58. The first-order chi connectivity index (χ1) is 3.77.